The van der Waals surface area contributed by atoms with Crippen LogP contribution in [0.4, 0.5) is 10.5 Å². The Hall–Kier alpha value is -2.60. The van der Waals surface area contributed by atoms with Crippen molar-refractivity contribution in [3.63, 3.8) is 0 Å². The molecule has 1 aliphatic heterocycles. The molecule has 7 heteroatoms. The second-order valence-electron chi connectivity index (χ2n) is 5.52. The highest BCUT2D eigenvalue weighted by Crippen LogP contribution is 2.32. The Balaban J connectivity index is 1.49. The molecular weight excluding hydrogens is 344 g/mol. The standard InChI is InChI=1S/C18H19ClN2O4/c1-21(7-8-23-15-4-2-3-13(19)11-15)18(22)20-14-5-6-16-17(12-14)25-10-9-24-16/h2-6,11-12H,7-10H2,1H3,(H,20,22). The number of likely N-dealkylation sites (N-methyl/N-ethyl adjacent to an activating group) is 1. The van der Waals surface area contributed by atoms with Crippen LogP contribution in [0.3, 0.4) is 0 Å². The van der Waals surface area contributed by atoms with Crippen LogP contribution in [0.15, 0.2) is 42.5 Å². The molecule has 3 rings (SSSR count). The summed E-state index contributed by atoms with van der Waals surface area (Å²) in [6.45, 7) is 1.84. The Morgan fingerprint density at radius 2 is 2.00 bits per heavy atom. The van der Waals surface area contributed by atoms with Gasteiger partial charge in [-0.15, -0.1) is 0 Å². The van der Waals surface area contributed by atoms with Gasteiger partial charge in [-0.3, -0.25) is 0 Å². The van der Waals surface area contributed by atoms with Crippen molar-refractivity contribution in [3.05, 3.63) is 47.5 Å². The first-order valence-corrected chi connectivity index (χ1v) is 8.30. The average molecular weight is 363 g/mol. The van der Waals surface area contributed by atoms with Gasteiger partial charge in [0.2, 0.25) is 0 Å². The maximum Gasteiger partial charge on any atom is 0.321 e. The van der Waals surface area contributed by atoms with Crippen molar-refractivity contribution in [1.82, 2.24) is 4.90 Å². The Kier molecular flexibility index (Phi) is 5.50. The summed E-state index contributed by atoms with van der Waals surface area (Å²) >= 11 is 5.90. The third-order valence-corrected chi connectivity index (χ3v) is 3.87. The third-order valence-electron chi connectivity index (χ3n) is 3.63. The number of benzene rings is 2. The fraction of sp³-hybridized carbons (Fsp3) is 0.278. The van der Waals surface area contributed by atoms with Gasteiger partial charge >= 0.3 is 6.03 Å². The van der Waals surface area contributed by atoms with Crippen LogP contribution in [0.2, 0.25) is 5.02 Å². The quantitative estimate of drug-likeness (QED) is 0.881. The second-order valence-corrected chi connectivity index (χ2v) is 5.95. The fourth-order valence-electron chi connectivity index (χ4n) is 2.30. The lowest BCUT2D eigenvalue weighted by molar-refractivity contribution is 0.171. The predicted octanol–water partition coefficient (Wildman–Crippen LogP) is 3.65. The number of carbonyl (C=O) groups is 1. The monoisotopic (exact) mass is 362 g/mol. The van der Waals surface area contributed by atoms with Gasteiger partial charge in [-0.1, -0.05) is 17.7 Å². The van der Waals surface area contributed by atoms with Crippen molar-refractivity contribution in [1.29, 1.82) is 0 Å². The minimum absolute atomic E-state index is 0.230. The molecule has 1 aliphatic rings. The molecule has 2 aromatic carbocycles. The van der Waals surface area contributed by atoms with Gasteiger partial charge in [-0.2, -0.15) is 0 Å². The van der Waals surface area contributed by atoms with Crippen molar-refractivity contribution in [2.45, 2.75) is 0 Å². The zero-order valence-electron chi connectivity index (χ0n) is 13.8. The number of hydrogen-bond donors (Lipinski definition) is 1. The highest BCUT2D eigenvalue weighted by Gasteiger charge is 2.14. The first-order valence-electron chi connectivity index (χ1n) is 7.92. The molecule has 0 spiro atoms. The van der Waals surface area contributed by atoms with Crippen LogP contribution < -0.4 is 19.5 Å². The summed E-state index contributed by atoms with van der Waals surface area (Å²) in [7, 11) is 1.70. The second kappa shape index (κ2) is 7.98. The summed E-state index contributed by atoms with van der Waals surface area (Å²) in [4.78, 5) is 13.8. The van der Waals surface area contributed by atoms with Gasteiger partial charge in [0.15, 0.2) is 11.5 Å². The number of nitrogens with zero attached hydrogens (tertiary/aromatic N) is 1. The Morgan fingerprint density at radius 3 is 2.80 bits per heavy atom. The molecule has 2 aromatic rings. The topological polar surface area (TPSA) is 60.0 Å². The molecule has 0 aromatic heterocycles. The maximum atomic E-state index is 12.2. The van der Waals surface area contributed by atoms with Gasteiger partial charge in [-0.05, 0) is 30.3 Å². The van der Waals surface area contributed by atoms with Crippen molar-refractivity contribution in [2.24, 2.45) is 0 Å². The summed E-state index contributed by atoms with van der Waals surface area (Å²) in [6.07, 6.45) is 0. The number of halogens is 1. The van der Waals surface area contributed by atoms with Crippen LogP contribution >= 0.6 is 11.6 Å². The summed E-state index contributed by atoms with van der Waals surface area (Å²) in [6, 6.07) is 12.2. The average Bonchev–Trinajstić information content (AvgIpc) is 2.61. The normalized spacial score (nSPS) is 12.4. The van der Waals surface area contributed by atoms with Gasteiger partial charge in [0, 0.05) is 23.8 Å². The van der Waals surface area contributed by atoms with E-state index < -0.39 is 0 Å². The lowest BCUT2D eigenvalue weighted by Gasteiger charge is -2.21. The minimum atomic E-state index is -0.230. The van der Waals surface area contributed by atoms with Crippen LogP contribution in [0.1, 0.15) is 0 Å². The minimum Gasteiger partial charge on any atom is -0.492 e. The van der Waals surface area contributed by atoms with Gasteiger partial charge in [-0.25, -0.2) is 4.79 Å². The molecule has 0 saturated carbocycles. The Labute approximate surface area is 151 Å². The number of hydrogen-bond acceptors (Lipinski definition) is 4. The number of nitrogens with one attached hydrogen (secondary N) is 1. The van der Waals surface area contributed by atoms with E-state index in [4.69, 9.17) is 25.8 Å². The van der Waals surface area contributed by atoms with Crippen LogP contribution in [0, 0.1) is 0 Å². The van der Waals surface area contributed by atoms with Crippen molar-refractivity contribution < 1.29 is 19.0 Å². The Morgan fingerprint density at radius 1 is 1.20 bits per heavy atom. The molecule has 0 atom stereocenters. The van der Waals surface area contributed by atoms with Gasteiger partial charge < -0.3 is 24.4 Å². The predicted molar refractivity (Wildman–Crippen MR) is 96.0 cm³/mol. The van der Waals surface area contributed by atoms with E-state index in [1.54, 1.807) is 42.3 Å². The Bertz CT molecular complexity index is 754. The molecular formula is C18H19ClN2O4. The highest BCUT2D eigenvalue weighted by molar-refractivity contribution is 6.30. The highest BCUT2D eigenvalue weighted by atomic mass is 35.5. The number of rotatable bonds is 5. The molecule has 0 unspecified atom stereocenters. The van der Waals surface area contributed by atoms with E-state index in [0.717, 1.165) is 0 Å². The molecule has 0 aliphatic carbocycles. The smallest absolute Gasteiger partial charge is 0.321 e. The number of ether oxygens (including phenoxy) is 3. The first-order chi connectivity index (χ1) is 12.1. The largest absolute Gasteiger partial charge is 0.492 e. The molecule has 0 bridgehead atoms. The van der Waals surface area contributed by atoms with Gasteiger partial charge in [0.25, 0.3) is 0 Å². The fourth-order valence-corrected chi connectivity index (χ4v) is 2.48. The van der Waals surface area contributed by atoms with Crippen molar-refractivity contribution >= 4 is 23.3 Å². The van der Waals surface area contributed by atoms with Crippen LogP contribution in [-0.4, -0.2) is 44.3 Å². The van der Waals surface area contributed by atoms with Crippen LogP contribution in [-0.2, 0) is 0 Å². The third kappa shape index (κ3) is 4.70. The summed E-state index contributed by atoms with van der Waals surface area (Å²) < 4.78 is 16.6. The summed E-state index contributed by atoms with van der Waals surface area (Å²) in [5.41, 5.74) is 0.650. The van der Waals surface area contributed by atoms with Crippen molar-refractivity contribution in [3.8, 4) is 17.2 Å². The number of anilines is 1. The number of urea groups is 1. The summed E-state index contributed by atoms with van der Waals surface area (Å²) in [5, 5.41) is 3.44. The molecule has 1 heterocycles. The molecule has 6 nitrogen and oxygen atoms in total. The first kappa shape index (κ1) is 17.2. The van der Waals surface area contributed by atoms with E-state index in [2.05, 4.69) is 5.32 Å². The zero-order chi connectivity index (χ0) is 17.6. The molecule has 1 N–H and O–H groups in total. The van der Waals surface area contributed by atoms with Crippen molar-refractivity contribution in [2.75, 3.05) is 38.7 Å². The molecule has 0 radical (unpaired) electrons. The summed E-state index contributed by atoms with van der Waals surface area (Å²) in [5.74, 6) is 2.00. The van der Waals surface area contributed by atoms with E-state index in [9.17, 15) is 4.79 Å². The zero-order valence-corrected chi connectivity index (χ0v) is 14.6. The lowest BCUT2D eigenvalue weighted by atomic mass is 10.2. The molecule has 132 valence electrons. The maximum absolute atomic E-state index is 12.2. The lowest BCUT2D eigenvalue weighted by Crippen LogP contribution is -2.34. The van der Waals surface area contributed by atoms with E-state index in [0.29, 0.717) is 54.3 Å². The number of fused-ring (bicyclic) bond motifs is 1. The SMILES string of the molecule is CN(CCOc1cccc(Cl)c1)C(=O)Nc1ccc2c(c1)OCCO2. The molecule has 0 saturated heterocycles. The number of carbonyl (C=O) groups excluding carboxylic acids is 1. The van der Waals surface area contributed by atoms with E-state index in [1.165, 1.54) is 0 Å². The van der Waals surface area contributed by atoms with Crippen LogP contribution in [0.25, 0.3) is 0 Å². The van der Waals surface area contributed by atoms with Crippen LogP contribution in [0.5, 0.6) is 17.2 Å². The van der Waals surface area contributed by atoms with Gasteiger partial charge in [0.05, 0.1) is 6.54 Å². The van der Waals surface area contributed by atoms with E-state index in [-0.39, 0.29) is 6.03 Å². The molecule has 25 heavy (non-hydrogen) atoms. The molecule has 2 amide bonds. The van der Waals surface area contributed by atoms with E-state index in [1.807, 2.05) is 12.1 Å². The molecule has 0 fully saturated rings. The van der Waals surface area contributed by atoms with Gasteiger partial charge in [0.1, 0.15) is 25.6 Å². The van der Waals surface area contributed by atoms with E-state index >= 15 is 0 Å². The number of amides is 2.